The van der Waals surface area contributed by atoms with E-state index in [-0.39, 0.29) is 70.1 Å². The molecule has 4 radical (unpaired) electrons. The zero-order valence-electron chi connectivity index (χ0n) is 38.6. The number of aliphatic hydroxyl groups excluding tert-OH is 2. The molecule has 0 bridgehead atoms. The van der Waals surface area contributed by atoms with Gasteiger partial charge in [-0.25, -0.2) is 9.13 Å². The largest absolute Gasteiger partial charge is 0.472 e. The van der Waals surface area contributed by atoms with E-state index in [2.05, 4.69) is 33.2 Å². The summed E-state index contributed by atoms with van der Waals surface area (Å²) in [5.74, 6) is 1.21. The first-order valence-electron chi connectivity index (χ1n) is 22.1. The van der Waals surface area contributed by atoms with Crippen LogP contribution in [0.4, 0.5) is 0 Å². The van der Waals surface area contributed by atoms with Gasteiger partial charge in [-0.2, -0.15) is 0 Å². The molecule has 0 saturated carbocycles. The van der Waals surface area contributed by atoms with E-state index in [0.29, 0.717) is 70.1 Å². The zero-order valence-corrected chi connectivity index (χ0v) is 44.2. The fraction of sp³-hybridized carbons (Fsp3) is 0.947. The lowest BCUT2D eigenvalue weighted by Gasteiger charge is -2.27. The number of halogens is 1. The van der Waals surface area contributed by atoms with Gasteiger partial charge in [0.1, 0.15) is 55.9 Å². The molecule has 11 atom stereocenters. The Morgan fingerprint density at radius 2 is 1.20 bits per heavy atom. The maximum absolute atomic E-state index is 12.5. The van der Waals surface area contributed by atoms with E-state index in [0.717, 1.165) is 12.8 Å². The van der Waals surface area contributed by atoms with Crippen LogP contribution in [0.25, 0.3) is 0 Å². The molecule has 0 aliphatic carbocycles. The number of aliphatic hydroxyl groups is 2. The van der Waals surface area contributed by atoms with Crippen molar-refractivity contribution in [1.82, 2.24) is 10.6 Å². The number of carbonyl (C=O) groups is 2. The first kappa shape index (κ1) is 62.5. The SMILES string of the molecule is [B][C@@H]1O[C@H](COP(=O)(O)OCCOCCOCCOCCNC(=O)CCSSCCC(=O)NCCCCCCOP(=O)(O)OC2C(O)[C@H]([B])O[C@@H]2COC(C)(C)I)C(OC(C)C(C)C)C1O. The second-order valence-electron chi connectivity index (χ2n) is 16.0. The second-order valence-corrected chi connectivity index (χ2v) is 24.2. The number of nitrogens with one attached hydrogen (secondary N) is 2. The summed E-state index contributed by atoms with van der Waals surface area (Å²) in [7, 11) is 5.64. The molecule has 2 aliphatic rings. The molecule has 0 aromatic rings. The highest BCUT2D eigenvalue weighted by Gasteiger charge is 2.47. The normalized spacial score (nSPS) is 25.7. The maximum atomic E-state index is 12.5. The molecule has 2 aliphatic heterocycles. The van der Waals surface area contributed by atoms with Gasteiger partial charge >= 0.3 is 15.6 Å². The van der Waals surface area contributed by atoms with Crippen molar-refractivity contribution < 1.29 is 90.0 Å². The summed E-state index contributed by atoms with van der Waals surface area (Å²) >= 11 is 2.08. The Kier molecular flexibility index (Phi) is 32.1. The van der Waals surface area contributed by atoms with Gasteiger partial charge in [-0.05, 0) is 62.1 Å². The number of hydrogen-bond donors (Lipinski definition) is 6. The molecule has 2 amide bonds. The van der Waals surface area contributed by atoms with Crippen LogP contribution in [0.15, 0.2) is 0 Å². The first-order chi connectivity index (χ1) is 31.1. The van der Waals surface area contributed by atoms with Gasteiger partial charge in [-0.3, -0.25) is 27.7 Å². The van der Waals surface area contributed by atoms with Crippen LogP contribution in [0.3, 0.4) is 0 Å². The van der Waals surface area contributed by atoms with Crippen LogP contribution in [0, 0.1) is 5.92 Å². The number of unbranched alkanes of at least 4 members (excludes halogenated alkanes) is 3. The highest BCUT2D eigenvalue weighted by molar-refractivity contribution is 14.1. The number of carbonyl (C=O) groups excluding carboxylic acids is 2. The van der Waals surface area contributed by atoms with Gasteiger partial charge in [0.2, 0.25) is 11.8 Å². The van der Waals surface area contributed by atoms with Gasteiger partial charge in [0.25, 0.3) is 0 Å². The Morgan fingerprint density at radius 1 is 0.697 bits per heavy atom. The van der Waals surface area contributed by atoms with Crippen LogP contribution in [0.5, 0.6) is 0 Å². The van der Waals surface area contributed by atoms with E-state index in [1.165, 1.54) is 21.6 Å². The Hall–Kier alpha value is 0.360. The lowest BCUT2D eigenvalue weighted by Crippen LogP contribution is -2.40. The van der Waals surface area contributed by atoms with Crippen LogP contribution >= 0.6 is 59.8 Å². The quantitative estimate of drug-likeness (QED) is 0.0129. The van der Waals surface area contributed by atoms with Crippen molar-refractivity contribution in [3.8, 4) is 0 Å². The van der Waals surface area contributed by atoms with Crippen molar-refractivity contribution in [3.63, 3.8) is 0 Å². The lowest BCUT2D eigenvalue weighted by atomic mass is 9.93. The predicted octanol–water partition coefficient (Wildman–Crippen LogP) is 2.75. The van der Waals surface area contributed by atoms with E-state index in [9.17, 15) is 38.7 Å². The van der Waals surface area contributed by atoms with Gasteiger partial charge in [0.15, 0.2) is 0 Å². The van der Waals surface area contributed by atoms with E-state index >= 15 is 0 Å². The van der Waals surface area contributed by atoms with E-state index in [4.69, 9.17) is 66.9 Å². The second kappa shape index (κ2) is 33.9. The van der Waals surface area contributed by atoms with Gasteiger partial charge in [-0.15, -0.1) is 0 Å². The minimum atomic E-state index is -4.49. The van der Waals surface area contributed by atoms with Crippen LogP contribution in [-0.2, 0) is 70.0 Å². The van der Waals surface area contributed by atoms with Gasteiger partial charge < -0.3 is 63.8 Å². The third-order valence-corrected chi connectivity index (χ3v) is 14.4. The molecule has 21 nitrogen and oxygen atoms in total. The number of phosphoric acid groups is 2. The summed E-state index contributed by atoms with van der Waals surface area (Å²) in [6, 6.07) is -2.10. The summed E-state index contributed by atoms with van der Waals surface area (Å²) in [6.45, 7) is 11.1. The first-order valence-corrected chi connectivity index (χ1v) is 28.6. The zero-order chi connectivity index (χ0) is 49.2. The van der Waals surface area contributed by atoms with E-state index in [1.807, 2.05) is 34.6 Å². The van der Waals surface area contributed by atoms with Crippen molar-refractivity contribution in [2.45, 2.75) is 131 Å². The van der Waals surface area contributed by atoms with Crippen molar-refractivity contribution in [1.29, 1.82) is 0 Å². The highest BCUT2D eigenvalue weighted by Crippen LogP contribution is 2.47. The molecule has 28 heteroatoms. The molecule has 2 rings (SSSR count). The van der Waals surface area contributed by atoms with E-state index < -0.39 is 67.9 Å². The fourth-order valence-corrected chi connectivity index (χ4v) is 9.61. The molecule has 2 heterocycles. The Labute approximate surface area is 413 Å². The monoisotopic (exact) mass is 1130 g/mol. The molecule has 2 fully saturated rings. The summed E-state index contributed by atoms with van der Waals surface area (Å²) in [5.41, 5.74) is 0. The Balaban J connectivity index is 1.34. The number of alkyl halides is 1. The minimum Gasteiger partial charge on any atom is -0.388 e. The molecule has 0 aromatic heterocycles. The van der Waals surface area contributed by atoms with Gasteiger partial charge in [0, 0.05) is 49.4 Å². The standard InChI is InChI=1S/C38H71B2IN2O19P2S2/c1-26(2)27(3)59-34-29(61-36(39)32(34)46)25-58-63(48,49)57-21-20-54-19-18-53-17-16-52-15-13-43-31(45)11-23-66-65-22-10-30(44)42-12-8-6-7-9-14-56-64(50,51)62-35-28(24-55-38(4,5)41)60-37(40)33(35)47/h26-29,32-37,46-47H,6-25H2,1-5H3,(H,42,44)(H,43,45)(H,48,49)(H,50,51)/t27?,28-,29-,32?,33?,34?,35?,36-,37-/m1/s1. The fourth-order valence-electron chi connectivity index (χ4n) is 5.74. The Morgan fingerprint density at radius 3 is 1.77 bits per heavy atom. The van der Waals surface area contributed by atoms with Crippen molar-refractivity contribution in [2.24, 2.45) is 5.92 Å². The van der Waals surface area contributed by atoms with Crippen molar-refractivity contribution >= 4 is 87.3 Å². The topological polar surface area (TPSA) is 275 Å². The molecule has 0 aromatic carbocycles. The van der Waals surface area contributed by atoms with Crippen LogP contribution in [0.1, 0.15) is 73.1 Å². The molecule has 6 N–H and O–H groups in total. The minimum absolute atomic E-state index is 0.00239. The number of hydrogen-bond acceptors (Lipinski definition) is 19. The number of rotatable bonds is 39. The average Bonchev–Trinajstić information content (AvgIpc) is 3.66. The number of phosphoric ester groups is 2. The lowest BCUT2D eigenvalue weighted by molar-refractivity contribution is -0.121. The van der Waals surface area contributed by atoms with Gasteiger partial charge in [0.05, 0.1) is 72.2 Å². The molecular weight excluding hydrogens is 1060 g/mol. The summed E-state index contributed by atoms with van der Waals surface area (Å²) in [5, 5.41) is 26.3. The van der Waals surface area contributed by atoms with Crippen LogP contribution < -0.4 is 10.6 Å². The summed E-state index contributed by atoms with van der Waals surface area (Å²) in [6.07, 6.45) is -2.98. The highest BCUT2D eigenvalue weighted by atomic mass is 127. The Bertz CT molecular complexity index is 1460. The van der Waals surface area contributed by atoms with Crippen molar-refractivity contribution in [2.75, 3.05) is 90.7 Å². The summed E-state index contributed by atoms with van der Waals surface area (Å²) in [4.78, 5) is 44.4. The van der Waals surface area contributed by atoms with Crippen LogP contribution in [-0.4, -0.2) is 197 Å². The summed E-state index contributed by atoms with van der Waals surface area (Å²) < 4.78 is 83.2. The third-order valence-electron chi connectivity index (χ3n) is 9.65. The molecule has 0 spiro atoms. The van der Waals surface area contributed by atoms with Crippen molar-refractivity contribution in [3.05, 3.63) is 0 Å². The van der Waals surface area contributed by atoms with Crippen LogP contribution in [0.2, 0.25) is 0 Å². The molecule has 7 unspecified atom stereocenters. The third kappa shape index (κ3) is 28.4. The maximum Gasteiger partial charge on any atom is 0.472 e. The van der Waals surface area contributed by atoms with Gasteiger partial charge in [-0.1, -0.05) is 48.3 Å². The molecule has 2 saturated heterocycles. The smallest absolute Gasteiger partial charge is 0.388 e. The molecular formula is C38H71B2IN2O19P2S2. The molecule has 382 valence electrons. The molecule has 66 heavy (non-hydrogen) atoms. The van der Waals surface area contributed by atoms with E-state index in [1.54, 1.807) is 0 Å². The number of ether oxygens (including phenoxy) is 7. The number of amides is 2. The average molecular weight is 1130 g/mol. The predicted molar refractivity (Wildman–Crippen MR) is 258 cm³/mol.